The average molecular weight is 399 g/mol. The Hall–Kier alpha value is -3.80. The Bertz CT molecular complexity index is 1420. The lowest BCUT2D eigenvalue weighted by Gasteiger charge is -2.04. The molecule has 0 unspecified atom stereocenters. The van der Waals surface area contributed by atoms with Gasteiger partial charge in [0.15, 0.2) is 0 Å². The zero-order valence-corrected chi connectivity index (χ0v) is 17.2. The van der Waals surface area contributed by atoms with Gasteiger partial charge in [-0.3, -0.25) is 14.9 Å². The molecule has 1 aliphatic rings. The van der Waals surface area contributed by atoms with Gasteiger partial charge < -0.3 is 13.9 Å². The van der Waals surface area contributed by atoms with Crippen molar-refractivity contribution in [3.63, 3.8) is 0 Å². The van der Waals surface area contributed by atoms with Crippen molar-refractivity contribution in [1.82, 2.24) is 14.5 Å². The van der Waals surface area contributed by atoms with Gasteiger partial charge in [0.2, 0.25) is 0 Å². The van der Waals surface area contributed by atoms with Crippen LogP contribution in [0.1, 0.15) is 16.7 Å². The minimum atomic E-state index is -0.373. The van der Waals surface area contributed by atoms with E-state index in [1.54, 1.807) is 7.11 Å². The summed E-state index contributed by atoms with van der Waals surface area (Å²) in [7, 11) is 5.49. The second-order valence-electron chi connectivity index (χ2n) is 7.74. The lowest BCUT2D eigenvalue weighted by molar-refractivity contribution is -0.122. The monoisotopic (exact) mass is 399 g/mol. The quantitative estimate of drug-likeness (QED) is 0.536. The molecule has 3 heterocycles. The van der Waals surface area contributed by atoms with Crippen LogP contribution in [0.4, 0.5) is 0 Å². The number of nitrogens with one attached hydrogen (secondary N) is 1. The van der Waals surface area contributed by atoms with E-state index in [0.717, 1.165) is 44.2 Å². The number of hydrogen-bond donors (Lipinski definition) is 1. The predicted octanol–water partition coefficient (Wildman–Crippen LogP) is 3.55. The molecule has 4 aromatic rings. The minimum Gasteiger partial charge on any atom is -0.497 e. The number of amides is 2. The predicted molar refractivity (Wildman–Crippen MR) is 117 cm³/mol. The SMILES string of the molecule is COc1ccc2c(C3=C(c4cn(C)c5cc(C)ccc45)C(=O)NC3=O)cn(C)c2c1. The Morgan fingerprint density at radius 3 is 1.90 bits per heavy atom. The minimum absolute atomic E-state index is 0.367. The molecule has 6 heteroatoms. The Morgan fingerprint density at radius 2 is 1.33 bits per heavy atom. The van der Waals surface area contributed by atoms with Crippen molar-refractivity contribution in [2.45, 2.75) is 6.92 Å². The second kappa shape index (κ2) is 6.35. The maximum Gasteiger partial charge on any atom is 0.259 e. The zero-order valence-electron chi connectivity index (χ0n) is 17.2. The molecule has 2 amide bonds. The van der Waals surface area contributed by atoms with Crippen molar-refractivity contribution in [3.8, 4) is 5.75 Å². The summed E-state index contributed by atoms with van der Waals surface area (Å²) in [5.74, 6) is -0.00292. The highest BCUT2D eigenvalue weighted by molar-refractivity contribution is 6.50. The maximum atomic E-state index is 12.9. The molecule has 1 aliphatic heterocycles. The van der Waals surface area contributed by atoms with Gasteiger partial charge in [0.05, 0.1) is 23.8 Å². The first-order valence-electron chi connectivity index (χ1n) is 9.68. The molecule has 6 nitrogen and oxygen atoms in total. The Balaban J connectivity index is 1.83. The van der Waals surface area contributed by atoms with Gasteiger partial charge in [0.1, 0.15) is 5.75 Å². The molecule has 30 heavy (non-hydrogen) atoms. The second-order valence-corrected chi connectivity index (χ2v) is 7.74. The van der Waals surface area contributed by atoms with Crippen LogP contribution >= 0.6 is 0 Å². The van der Waals surface area contributed by atoms with Crippen molar-refractivity contribution in [3.05, 3.63) is 65.5 Å². The van der Waals surface area contributed by atoms with E-state index < -0.39 is 0 Å². The van der Waals surface area contributed by atoms with Gasteiger partial charge in [-0.25, -0.2) is 0 Å². The van der Waals surface area contributed by atoms with Crippen molar-refractivity contribution < 1.29 is 14.3 Å². The fourth-order valence-electron chi connectivity index (χ4n) is 4.35. The van der Waals surface area contributed by atoms with Gasteiger partial charge in [0, 0.05) is 60.0 Å². The summed E-state index contributed by atoms with van der Waals surface area (Å²) in [5, 5.41) is 4.34. The topological polar surface area (TPSA) is 65.3 Å². The first-order valence-corrected chi connectivity index (χ1v) is 9.68. The number of fused-ring (bicyclic) bond motifs is 2. The van der Waals surface area contributed by atoms with E-state index in [1.165, 1.54) is 0 Å². The van der Waals surface area contributed by atoms with E-state index in [4.69, 9.17) is 4.74 Å². The number of benzene rings is 2. The van der Waals surface area contributed by atoms with E-state index in [9.17, 15) is 9.59 Å². The first kappa shape index (κ1) is 18.2. The fraction of sp³-hybridized carbons (Fsp3) is 0.167. The number of carbonyl (C=O) groups excluding carboxylic acids is 2. The van der Waals surface area contributed by atoms with E-state index in [1.807, 2.05) is 72.9 Å². The highest BCUT2D eigenvalue weighted by Crippen LogP contribution is 2.39. The van der Waals surface area contributed by atoms with Crippen LogP contribution in [0.3, 0.4) is 0 Å². The summed E-state index contributed by atoms with van der Waals surface area (Å²) >= 11 is 0. The van der Waals surface area contributed by atoms with Crippen molar-refractivity contribution in [2.75, 3.05) is 7.11 Å². The van der Waals surface area contributed by atoms with Crippen LogP contribution in [0.25, 0.3) is 33.0 Å². The van der Waals surface area contributed by atoms with Gasteiger partial charge in [-0.2, -0.15) is 0 Å². The number of imide groups is 1. The molecule has 150 valence electrons. The maximum absolute atomic E-state index is 12.9. The van der Waals surface area contributed by atoms with Crippen LogP contribution in [0.2, 0.25) is 0 Å². The molecule has 0 radical (unpaired) electrons. The summed E-state index contributed by atoms with van der Waals surface area (Å²) < 4.78 is 9.28. The summed E-state index contributed by atoms with van der Waals surface area (Å²) in [6.45, 7) is 2.03. The standard InChI is InChI=1S/C24H21N3O3/c1-13-5-7-15-17(11-26(2)19(15)9-13)21-22(24(29)25-23(21)28)18-12-27(3)20-10-14(30-4)6-8-16(18)20/h5-12H,1-4H3,(H,25,28,29). The smallest absolute Gasteiger partial charge is 0.259 e. The van der Waals surface area contributed by atoms with Crippen molar-refractivity contribution in [1.29, 1.82) is 0 Å². The van der Waals surface area contributed by atoms with Crippen molar-refractivity contribution in [2.24, 2.45) is 14.1 Å². The lowest BCUT2D eigenvalue weighted by atomic mass is 9.95. The third kappa shape index (κ3) is 2.50. The van der Waals surface area contributed by atoms with Gasteiger partial charge in [-0.05, 0) is 30.7 Å². The number of carbonyl (C=O) groups is 2. The van der Waals surface area contributed by atoms with Gasteiger partial charge in [-0.1, -0.05) is 12.1 Å². The van der Waals surface area contributed by atoms with E-state index in [2.05, 4.69) is 11.4 Å². The molecule has 2 aromatic carbocycles. The normalized spacial score (nSPS) is 14.3. The molecular weight excluding hydrogens is 378 g/mol. The number of ether oxygens (including phenoxy) is 1. The number of nitrogens with zero attached hydrogens (tertiary/aromatic N) is 2. The largest absolute Gasteiger partial charge is 0.497 e. The first-order chi connectivity index (χ1) is 14.4. The molecule has 0 saturated carbocycles. The van der Waals surface area contributed by atoms with E-state index >= 15 is 0 Å². The summed E-state index contributed by atoms with van der Waals surface area (Å²) in [5.41, 5.74) is 5.40. The van der Waals surface area contributed by atoms with Gasteiger partial charge >= 0.3 is 0 Å². The number of rotatable bonds is 3. The summed E-state index contributed by atoms with van der Waals surface area (Å²) in [6.07, 6.45) is 3.82. The third-order valence-electron chi connectivity index (χ3n) is 5.81. The number of aromatic nitrogens is 2. The lowest BCUT2D eigenvalue weighted by Crippen LogP contribution is -2.22. The molecular formula is C24H21N3O3. The summed E-state index contributed by atoms with van der Waals surface area (Å²) in [4.78, 5) is 25.8. The average Bonchev–Trinajstić information content (AvgIpc) is 3.32. The summed E-state index contributed by atoms with van der Waals surface area (Å²) in [6, 6.07) is 11.8. The molecule has 0 atom stereocenters. The van der Waals surface area contributed by atoms with Crippen LogP contribution < -0.4 is 10.1 Å². The third-order valence-corrected chi connectivity index (χ3v) is 5.81. The van der Waals surface area contributed by atoms with Crippen LogP contribution in [-0.2, 0) is 23.7 Å². The number of aryl methyl sites for hydroxylation is 3. The molecule has 0 bridgehead atoms. The van der Waals surface area contributed by atoms with E-state index in [-0.39, 0.29) is 11.8 Å². The number of methoxy groups -OCH3 is 1. The highest BCUT2D eigenvalue weighted by Gasteiger charge is 2.35. The van der Waals surface area contributed by atoms with Crippen LogP contribution in [0, 0.1) is 6.92 Å². The molecule has 0 aliphatic carbocycles. The van der Waals surface area contributed by atoms with Crippen LogP contribution in [0.15, 0.2) is 48.8 Å². The number of hydrogen-bond acceptors (Lipinski definition) is 3. The van der Waals surface area contributed by atoms with Crippen LogP contribution in [0.5, 0.6) is 5.75 Å². The van der Waals surface area contributed by atoms with Gasteiger partial charge in [-0.15, -0.1) is 0 Å². The van der Waals surface area contributed by atoms with Gasteiger partial charge in [0.25, 0.3) is 11.8 Å². The van der Waals surface area contributed by atoms with E-state index in [0.29, 0.717) is 11.1 Å². The Morgan fingerprint density at radius 1 is 0.800 bits per heavy atom. The molecule has 0 fully saturated rings. The Labute approximate surface area is 173 Å². The molecule has 1 N–H and O–H groups in total. The molecule has 2 aromatic heterocycles. The molecule has 5 rings (SSSR count). The molecule has 0 saturated heterocycles. The highest BCUT2D eigenvalue weighted by atomic mass is 16.5. The van der Waals surface area contributed by atoms with Crippen molar-refractivity contribution >= 4 is 44.8 Å². The molecule has 0 spiro atoms. The zero-order chi connectivity index (χ0) is 21.2. The van der Waals surface area contributed by atoms with Crippen LogP contribution in [-0.4, -0.2) is 28.1 Å². The Kier molecular flexibility index (Phi) is 3.86. The fourth-order valence-corrected chi connectivity index (χ4v) is 4.35.